The van der Waals surface area contributed by atoms with E-state index in [1.165, 1.54) is 16.8 Å². The number of carbonyl (C=O) groups is 1. The highest BCUT2D eigenvalue weighted by atomic mass is 16.1. The van der Waals surface area contributed by atoms with Crippen molar-refractivity contribution in [1.29, 1.82) is 0 Å². The summed E-state index contributed by atoms with van der Waals surface area (Å²) in [5, 5.41) is 1.03. The second-order valence-corrected chi connectivity index (χ2v) is 6.91. The van der Waals surface area contributed by atoms with Gasteiger partial charge in [0.2, 0.25) is 0 Å². The van der Waals surface area contributed by atoms with Gasteiger partial charge in [-0.2, -0.15) is 0 Å². The van der Waals surface area contributed by atoms with E-state index in [4.69, 9.17) is 4.98 Å². The van der Waals surface area contributed by atoms with Crippen LogP contribution in [0.15, 0.2) is 48.5 Å². The Bertz CT molecular complexity index is 945. The second kappa shape index (κ2) is 6.79. The van der Waals surface area contributed by atoms with Crippen LogP contribution in [0.2, 0.25) is 0 Å². The molecule has 0 radical (unpaired) electrons. The molecule has 26 heavy (non-hydrogen) atoms. The molecule has 4 rings (SSSR count). The number of aromatic nitrogens is 1. The molecule has 4 nitrogen and oxygen atoms in total. The molecular formula is C22H23N3O. The van der Waals surface area contributed by atoms with E-state index < -0.39 is 0 Å². The summed E-state index contributed by atoms with van der Waals surface area (Å²) in [5.74, 6) is 0.814. The molecule has 0 N–H and O–H groups in total. The van der Waals surface area contributed by atoms with Gasteiger partial charge in [-0.05, 0) is 43.2 Å². The van der Waals surface area contributed by atoms with Gasteiger partial charge < -0.3 is 9.80 Å². The van der Waals surface area contributed by atoms with Crippen molar-refractivity contribution >= 4 is 28.7 Å². The number of fused-ring (bicyclic) bond motifs is 1. The molecule has 2 heterocycles. The third-order valence-corrected chi connectivity index (χ3v) is 5.35. The SMILES string of the molecule is Cc1ccc2cc(C=O)c(N3CCN(c4ccccc4)CC3)nc2c1C. The van der Waals surface area contributed by atoms with Crippen molar-refractivity contribution in [2.24, 2.45) is 0 Å². The van der Waals surface area contributed by atoms with Gasteiger partial charge in [0.1, 0.15) is 5.82 Å². The zero-order valence-electron chi connectivity index (χ0n) is 15.3. The molecule has 3 aromatic rings. The highest BCUT2D eigenvalue weighted by Crippen LogP contribution is 2.27. The number of hydrogen-bond donors (Lipinski definition) is 0. The number of pyridine rings is 1. The molecule has 0 spiro atoms. The Hall–Kier alpha value is -2.88. The molecule has 1 fully saturated rings. The first-order chi connectivity index (χ1) is 12.7. The summed E-state index contributed by atoms with van der Waals surface area (Å²) in [5.41, 5.74) is 5.33. The Labute approximate surface area is 154 Å². The number of rotatable bonds is 3. The van der Waals surface area contributed by atoms with Gasteiger partial charge in [0, 0.05) is 37.3 Å². The summed E-state index contributed by atoms with van der Waals surface area (Å²) in [7, 11) is 0. The number of carbonyl (C=O) groups excluding carboxylic acids is 1. The number of piperazine rings is 1. The summed E-state index contributed by atoms with van der Waals surface area (Å²) in [4.78, 5) is 21.2. The fourth-order valence-corrected chi connectivity index (χ4v) is 3.64. The van der Waals surface area contributed by atoms with E-state index >= 15 is 0 Å². The highest BCUT2D eigenvalue weighted by Gasteiger charge is 2.21. The Balaban J connectivity index is 1.64. The van der Waals surface area contributed by atoms with Crippen molar-refractivity contribution < 1.29 is 4.79 Å². The minimum atomic E-state index is 0.675. The number of anilines is 2. The summed E-state index contributed by atoms with van der Waals surface area (Å²) in [6.07, 6.45) is 0.931. The van der Waals surface area contributed by atoms with Crippen molar-refractivity contribution in [3.8, 4) is 0 Å². The summed E-state index contributed by atoms with van der Waals surface area (Å²) in [6.45, 7) is 7.77. The number of aryl methyl sites for hydroxylation is 2. The van der Waals surface area contributed by atoms with E-state index in [1.54, 1.807) is 0 Å². The number of para-hydroxylation sites is 1. The molecule has 0 bridgehead atoms. The van der Waals surface area contributed by atoms with Gasteiger partial charge in [0.25, 0.3) is 0 Å². The van der Waals surface area contributed by atoms with Gasteiger partial charge >= 0.3 is 0 Å². The molecule has 0 aliphatic carbocycles. The Morgan fingerprint density at radius 3 is 2.31 bits per heavy atom. The zero-order valence-corrected chi connectivity index (χ0v) is 15.3. The van der Waals surface area contributed by atoms with Crippen LogP contribution in [0.25, 0.3) is 10.9 Å². The van der Waals surface area contributed by atoms with E-state index in [2.05, 4.69) is 60.0 Å². The van der Waals surface area contributed by atoms with Crippen molar-refractivity contribution in [3.05, 3.63) is 65.2 Å². The van der Waals surface area contributed by atoms with Gasteiger partial charge in [-0.25, -0.2) is 4.98 Å². The lowest BCUT2D eigenvalue weighted by Gasteiger charge is -2.37. The third-order valence-electron chi connectivity index (χ3n) is 5.35. The van der Waals surface area contributed by atoms with Crippen molar-refractivity contribution in [2.75, 3.05) is 36.0 Å². The molecule has 0 amide bonds. The maximum Gasteiger partial charge on any atom is 0.153 e. The van der Waals surface area contributed by atoms with Crippen LogP contribution in [0.1, 0.15) is 21.5 Å². The quantitative estimate of drug-likeness (QED) is 0.673. The molecule has 0 saturated carbocycles. The monoisotopic (exact) mass is 345 g/mol. The van der Waals surface area contributed by atoms with Crippen LogP contribution in [0.4, 0.5) is 11.5 Å². The number of hydrogen-bond acceptors (Lipinski definition) is 4. The maximum absolute atomic E-state index is 11.7. The number of aldehydes is 1. The molecular weight excluding hydrogens is 322 g/mol. The maximum atomic E-state index is 11.7. The smallest absolute Gasteiger partial charge is 0.153 e. The molecule has 1 aliphatic heterocycles. The largest absolute Gasteiger partial charge is 0.368 e. The Kier molecular flexibility index (Phi) is 4.33. The molecule has 1 aromatic heterocycles. The fraction of sp³-hybridized carbons (Fsp3) is 0.273. The van der Waals surface area contributed by atoms with Gasteiger partial charge in [-0.15, -0.1) is 0 Å². The molecule has 132 valence electrons. The van der Waals surface area contributed by atoms with Gasteiger partial charge in [-0.3, -0.25) is 4.79 Å². The molecule has 0 unspecified atom stereocenters. The second-order valence-electron chi connectivity index (χ2n) is 6.91. The normalized spacial score (nSPS) is 14.7. The van der Waals surface area contributed by atoms with Crippen molar-refractivity contribution in [3.63, 3.8) is 0 Å². The minimum Gasteiger partial charge on any atom is -0.368 e. The van der Waals surface area contributed by atoms with E-state index in [-0.39, 0.29) is 0 Å². The van der Waals surface area contributed by atoms with Crippen molar-refractivity contribution in [1.82, 2.24) is 4.98 Å². The summed E-state index contributed by atoms with van der Waals surface area (Å²) >= 11 is 0. The molecule has 2 aromatic carbocycles. The lowest BCUT2D eigenvalue weighted by molar-refractivity contribution is 0.112. The van der Waals surface area contributed by atoms with E-state index in [0.29, 0.717) is 5.56 Å². The average molecular weight is 345 g/mol. The van der Waals surface area contributed by atoms with Gasteiger partial charge in [0.15, 0.2) is 6.29 Å². The summed E-state index contributed by atoms with van der Waals surface area (Å²) < 4.78 is 0. The molecule has 4 heteroatoms. The van der Waals surface area contributed by atoms with E-state index in [9.17, 15) is 4.79 Å². The lowest BCUT2D eigenvalue weighted by Crippen LogP contribution is -2.47. The Morgan fingerprint density at radius 2 is 1.62 bits per heavy atom. The first-order valence-corrected chi connectivity index (χ1v) is 9.08. The topological polar surface area (TPSA) is 36.4 Å². The van der Waals surface area contributed by atoms with E-state index in [0.717, 1.165) is 49.2 Å². The van der Waals surface area contributed by atoms with Crippen molar-refractivity contribution in [2.45, 2.75) is 13.8 Å². The van der Waals surface area contributed by atoms with Crippen LogP contribution in [0.5, 0.6) is 0 Å². The standard InChI is InChI=1S/C22H23N3O/c1-16-8-9-18-14-19(15-26)22(23-21(18)17(16)2)25-12-10-24(11-13-25)20-6-4-3-5-7-20/h3-9,14-15H,10-13H2,1-2H3. The molecule has 0 atom stereocenters. The fourth-order valence-electron chi connectivity index (χ4n) is 3.64. The van der Waals surface area contributed by atoms with Crippen LogP contribution in [-0.4, -0.2) is 37.4 Å². The summed E-state index contributed by atoms with van der Waals surface area (Å²) in [6, 6.07) is 16.6. The van der Waals surface area contributed by atoms with Crippen LogP contribution >= 0.6 is 0 Å². The van der Waals surface area contributed by atoms with Crippen LogP contribution in [0, 0.1) is 13.8 Å². The van der Waals surface area contributed by atoms with Gasteiger partial charge in [-0.1, -0.05) is 30.3 Å². The van der Waals surface area contributed by atoms with Crippen LogP contribution in [0.3, 0.4) is 0 Å². The predicted octanol–water partition coefficient (Wildman–Crippen LogP) is 3.99. The highest BCUT2D eigenvalue weighted by molar-refractivity contribution is 5.93. The third kappa shape index (κ3) is 2.92. The first kappa shape index (κ1) is 16.6. The van der Waals surface area contributed by atoms with Crippen LogP contribution in [-0.2, 0) is 0 Å². The minimum absolute atomic E-state index is 0.675. The zero-order chi connectivity index (χ0) is 18.1. The predicted molar refractivity (Wildman–Crippen MR) is 107 cm³/mol. The number of nitrogens with zero attached hydrogens (tertiary/aromatic N) is 3. The number of benzene rings is 2. The molecule has 1 aliphatic rings. The molecule has 1 saturated heterocycles. The first-order valence-electron chi connectivity index (χ1n) is 9.08. The average Bonchev–Trinajstić information content (AvgIpc) is 2.71. The van der Waals surface area contributed by atoms with E-state index in [1.807, 2.05) is 12.1 Å². The van der Waals surface area contributed by atoms with Crippen LogP contribution < -0.4 is 9.80 Å². The lowest BCUT2D eigenvalue weighted by atomic mass is 10.0. The Morgan fingerprint density at radius 1 is 0.923 bits per heavy atom. The van der Waals surface area contributed by atoms with Gasteiger partial charge in [0.05, 0.1) is 11.1 Å².